The number of fused-ring (bicyclic) bond motifs is 1. The van der Waals surface area contributed by atoms with Gasteiger partial charge in [0.15, 0.2) is 5.82 Å². The number of urea groups is 1. The van der Waals surface area contributed by atoms with E-state index < -0.39 is 0 Å². The molecule has 9 heteroatoms. The highest BCUT2D eigenvalue weighted by molar-refractivity contribution is 7.17. The Labute approximate surface area is 183 Å². The Morgan fingerprint density at radius 3 is 2.84 bits per heavy atom. The summed E-state index contributed by atoms with van der Waals surface area (Å²) < 4.78 is 1.05. The second-order valence-corrected chi connectivity index (χ2v) is 8.16. The van der Waals surface area contributed by atoms with E-state index in [0.717, 1.165) is 41.1 Å². The zero-order valence-electron chi connectivity index (χ0n) is 16.6. The molecule has 31 heavy (non-hydrogen) atoms. The van der Waals surface area contributed by atoms with Crippen molar-refractivity contribution in [3.63, 3.8) is 0 Å². The first-order valence-corrected chi connectivity index (χ1v) is 10.9. The summed E-state index contributed by atoms with van der Waals surface area (Å²) in [4.78, 5) is 26.1. The maximum Gasteiger partial charge on any atom is 0.324 e. The van der Waals surface area contributed by atoms with Gasteiger partial charge in [-0.05, 0) is 48.7 Å². The summed E-state index contributed by atoms with van der Waals surface area (Å²) in [5.74, 6) is 1.86. The van der Waals surface area contributed by atoms with Crippen molar-refractivity contribution in [3.8, 4) is 11.4 Å². The van der Waals surface area contributed by atoms with Crippen molar-refractivity contribution in [1.29, 1.82) is 0 Å². The first kappa shape index (κ1) is 19.4. The smallest absolute Gasteiger partial charge is 0.324 e. The first-order chi connectivity index (χ1) is 15.2. The molecule has 1 atom stereocenters. The topological polar surface area (TPSA) is 104 Å². The molecule has 1 fully saturated rings. The average Bonchev–Trinajstić information content (AvgIpc) is 3.46. The van der Waals surface area contributed by atoms with Crippen LogP contribution in [0.1, 0.15) is 6.42 Å². The van der Waals surface area contributed by atoms with Crippen LogP contribution in [-0.2, 0) is 0 Å². The van der Waals surface area contributed by atoms with Gasteiger partial charge >= 0.3 is 6.03 Å². The van der Waals surface area contributed by atoms with Gasteiger partial charge in [0.1, 0.15) is 11.6 Å². The van der Waals surface area contributed by atoms with Crippen molar-refractivity contribution in [3.05, 3.63) is 60.1 Å². The fourth-order valence-corrected chi connectivity index (χ4v) is 4.28. The number of nitrogens with one attached hydrogen (secondary N) is 4. The number of carbonyl (C=O) groups is 1. The third-order valence-corrected chi connectivity index (χ3v) is 5.91. The number of nitrogens with zero attached hydrogens (tertiary/aromatic N) is 3. The van der Waals surface area contributed by atoms with Crippen LogP contribution in [0.5, 0.6) is 0 Å². The predicted octanol–water partition coefficient (Wildman–Crippen LogP) is 4.17. The fraction of sp³-hybridized carbons (Fsp3) is 0.182. The van der Waals surface area contributed by atoms with Crippen LogP contribution >= 0.6 is 11.3 Å². The molecule has 2 amide bonds. The SMILES string of the molecule is O=C(Nc1ccccc1)Nc1cc(-c2nc(N[C@@H]3CCNC3)c3sccc3n2)ccn1. The van der Waals surface area contributed by atoms with E-state index in [-0.39, 0.29) is 6.03 Å². The lowest BCUT2D eigenvalue weighted by Crippen LogP contribution is -2.23. The lowest BCUT2D eigenvalue weighted by atomic mass is 10.2. The number of benzene rings is 1. The molecule has 0 aliphatic carbocycles. The van der Waals surface area contributed by atoms with Gasteiger partial charge in [-0.25, -0.2) is 19.7 Å². The Morgan fingerprint density at radius 2 is 2.00 bits per heavy atom. The van der Waals surface area contributed by atoms with E-state index in [0.29, 0.717) is 23.4 Å². The number of anilines is 3. The van der Waals surface area contributed by atoms with Gasteiger partial charge in [0.05, 0.1) is 10.2 Å². The molecule has 1 aliphatic heterocycles. The van der Waals surface area contributed by atoms with Crippen LogP contribution < -0.4 is 21.3 Å². The summed E-state index contributed by atoms with van der Waals surface area (Å²) >= 11 is 1.63. The van der Waals surface area contributed by atoms with Gasteiger partial charge in [-0.1, -0.05) is 18.2 Å². The molecular formula is C22H21N7OS. The van der Waals surface area contributed by atoms with E-state index in [2.05, 4.69) is 26.3 Å². The first-order valence-electron chi connectivity index (χ1n) is 10.1. The van der Waals surface area contributed by atoms with Gasteiger partial charge in [-0.3, -0.25) is 5.32 Å². The van der Waals surface area contributed by atoms with Crippen molar-refractivity contribution in [2.24, 2.45) is 0 Å². The van der Waals surface area contributed by atoms with Gasteiger partial charge in [0.25, 0.3) is 0 Å². The Hall–Kier alpha value is -3.56. The van der Waals surface area contributed by atoms with E-state index >= 15 is 0 Å². The summed E-state index contributed by atoms with van der Waals surface area (Å²) in [6.45, 7) is 1.93. The number of hydrogen-bond donors (Lipinski definition) is 4. The molecule has 5 rings (SSSR count). The zero-order valence-corrected chi connectivity index (χ0v) is 17.4. The third-order valence-electron chi connectivity index (χ3n) is 5.00. The minimum absolute atomic E-state index is 0.351. The monoisotopic (exact) mass is 431 g/mol. The Kier molecular flexibility index (Phi) is 5.42. The third kappa shape index (κ3) is 4.47. The fourth-order valence-electron chi connectivity index (χ4n) is 3.50. The maximum atomic E-state index is 12.3. The number of carbonyl (C=O) groups excluding carboxylic acids is 1. The Bertz CT molecular complexity index is 1200. The Morgan fingerprint density at radius 1 is 1.10 bits per heavy atom. The second kappa shape index (κ2) is 8.66. The van der Waals surface area contributed by atoms with Crippen molar-refractivity contribution in [2.45, 2.75) is 12.5 Å². The van der Waals surface area contributed by atoms with Crippen LogP contribution in [-0.4, -0.2) is 40.1 Å². The van der Waals surface area contributed by atoms with Gasteiger partial charge in [0, 0.05) is 30.0 Å². The number of thiophene rings is 1. The van der Waals surface area contributed by atoms with Crippen LogP contribution in [0.3, 0.4) is 0 Å². The summed E-state index contributed by atoms with van der Waals surface area (Å²) in [5.41, 5.74) is 2.39. The molecule has 0 bridgehead atoms. The highest BCUT2D eigenvalue weighted by Crippen LogP contribution is 2.30. The molecule has 156 valence electrons. The van der Waals surface area contributed by atoms with Crippen molar-refractivity contribution >= 4 is 44.9 Å². The van der Waals surface area contributed by atoms with Crippen molar-refractivity contribution in [2.75, 3.05) is 29.0 Å². The van der Waals surface area contributed by atoms with Crippen molar-refractivity contribution < 1.29 is 4.79 Å². The van der Waals surface area contributed by atoms with Gasteiger partial charge in [-0.15, -0.1) is 11.3 Å². The number of rotatable bonds is 5. The normalized spacial score (nSPS) is 15.7. The summed E-state index contributed by atoms with van der Waals surface area (Å²) in [6.07, 6.45) is 2.70. The molecule has 0 saturated carbocycles. The van der Waals surface area contributed by atoms with Gasteiger partial charge in [-0.2, -0.15) is 0 Å². The molecule has 4 heterocycles. The van der Waals surface area contributed by atoms with Crippen LogP contribution in [0, 0.1) is 0 Å². The molecule has 3 aromatic heterocycles. The molecule has 1 saturated heterocycles. The molecular weight excluding hydrogens is 410 g/mol. The van der Waals surface area contributed by atoms with Gasteiger partial charge in [0.2, 0.25) is 0 Å². The number of hydrogen-bond acceptors (Lipinski definition) is 7. The largest absolute Gasteiger partial charge is 0.365 e. The summed E-state index contributed by atoms with van der Waals surface area (Å²) in [6, 6.07) is 14.9. The minimum atomic E-state index is -0.360. The zero-order chi connectivity index (χ0) is 21.0. The molecule has 4 N–H and O–H groups in total. The highest BCUT2D eigenvalue weighted by Gasteiger charge is 2.18. The van der Waals surface area contributed by atoms with E-state index in [4.69, 9.17) is 9.97 Å². The van der Waals surface area contributed by atoms with E-state index in [1.54, 1.807) is 23.6 Å². The standard InChI is InChI=1S/C22H21N7OS/c30-22(26-15-4-2-1-3-5-15)28-18-12-14(6-10-24-18)20-27-17-8-11-31-19(17)21(29-20)25-16-7-9-23-13-16/h1-6,8,10-12,16,23H,7,9,13H2,(H,25,27,29)(H2,24,26,28,30)/t16-/m1/s1. The van der Waals surface area contributed by atoms with E-state index in [1.165, 1.54) is 0 Å². The molecule has 4 aromatic rings. The molecule has 0 radical (unpaired) electrons. The average molecular weight is 432 g/mol. The molecule has 8 nitrogen and oxygen atoms in total. The van der Waals surface area contributed by atoms with Crippen LogP contribution in [0.15, 0.2) is 60.1 Å². The van der Waals surface area contributed by atoms with Crippen LogP contribution in [0.4, 0.5) is 22.1 Å². The van der Waals surface area contributed by atoms with E-state index in [9.17, 15) is 4.79 Å². The minimum Gasteiger partial charge on any atom is -0.365 e. The van der Waals surface area contributed by atoms with Gasteiger partial charge < -0.3 is 16.0 Å². The maximum absolute atomic E-state index is 12.3. The number of aromatic nitrogens is 3. The second-order valence-electron chi connectivity index (χ2n) is 7.24. The summed E-state index contributed by atoms with van der Waals surface area (Å²) in [5, 5.41) is 14.5. The molecule has 1 aromatic carbocycles. The lowest BCUT2D eigenvalue weighted by molar-refractivity contribution is 0.262. The van der Waals surface area contributed by atoms with Crippen LogP contribution in [0.2, 0.25) is 0 Å². The summed E-state index contributed by atoms with van der Waals surface area (Å²) in [7, 11) is 0. The van der Waals surface area contributed by atoms with E-state index in [1.807, 2.05) is 47.8 Å². The van der Waals surface area contributed by atoms with Crippen LogP contribution in [0.25, 0.3) is 21.6 Å². The number of amides is 2. The molecule has 0 unspecified atom stereocenters. The number of pyridine rings is 1. The molecule has 0 spiro atoms. The van der Waals surface area contributed by atoms with Crippen molar-refractivity contribution in [1.82, 2.24) is 20.3 Å². The predicted molar refractivity (Wildman–Crippen MR) is 125 cm³/mol. The molecule has 1 aliphatic rings. The quantitative estimate of drug-likeness (QED) is 0.378. The highest BCUT2D eigenvalue weighted by atomic mass is 32.1. The number of para-hydroxylation sites is 1. The Balaban J connectivity index is 1.39. The lowest BCUT2D eigenvalue weighted by Gasteiger charge is -2.14.